The summed E-state index contributed by atoms with van der Waals surface area (Å²) in [7, 11) is 0. The number of aliphatic hydroxyl groups is 1. The number of aliphatic hydroxyl groups excluding tert-OH is 1. The van der Waals surface area contributed by atoms with Crippen LogP contribution in [0.15, 0.2) is 24.3 Å². The zero-order chi connectivity index (χ0) is 13.0. The van der Waals surface area contributed by atoms with E-state index in [2.05, 4.69) is 5.32 Å². The lowest BCUT2D eigenvalue weighted by molar-refractivity contribution is -0.120. The van der Waals surface area contributed by atoms with E-state index in [9.17, 15) is 9.90 Å². The number of benzene rings is 1. The Kier molecular flexibility index (Phi) is 4.37. The van der Waals surface area contributed by atoms with Crippen molar-refractivity contribution in [3.05, 3.63) is 29.8 Å². The summed E-state index contributed by atoms with van der Waals surface area (Å²) in [5, 5.41) is 12.5. The first-order valence-electron chi connectivity index (χ1n) is 6.75. The van der Waals surface area contributed by atoms with Gasteiger partial charge in [-0.05, 0) is 37.5 Å². The van der Waals surface area contributed by atoms with E-state index in [-0.39, 0.29) is 11.8 Å². The first kappa shape index (κ1) is 13.1. The number of hydrogen-bond donors (Lipinski definition) is 2. The molecule has 2 rings (SSSR count). The van der Waals surface area contributed by atoms with E-state index in [1.165, 1.54) is 6.42 Å². The van der Waals surface area contributed by atoms with Gasteiger partial charge in [0, 0.05) is 11.6 Å². The van der Waals surface area contributed by atoms with Crippen molar-refractivity contribution in [3.8, 4) is 0 Å². The quantitative estimate of drug-likeness (QED) is 0.861. The highest BCUT2D eigenvalue weighted by Crippen LogP contribution is 2.25. The molecule has 1 saturated carbocycles. The van der Waals surface area contributed by atoms with Crippen LogP contribution in [0.3, 0.4) is 0 Å². The second kappa shape index (κ2) is 6.01. The van der Waals surface area contributed by atoms with Crippen molar-refractivity contribution in [3.63, 3.8) is 0 Å². The Balaban J connectivity index is 1.99. The maximum Gasteiger partial charge on any atom is 0.227 e. The van der Waals surface area contributed by atoms with Gasteiger partial charge in [0.1, 0.15) is 0 Å². The molecule has 0 spiro atoms. The molecule has 0 radical (unpaired) electrons. The lowest BCUT2D eigenvalue weighted by atomic mass is 9.88. The van der Waals surface area contributed by atoms with Crippen molar-refractivity contribution in [1.82, 2.24) is 0 Å². The van der Waals surface area contributed by atoms with Crippen molar-refractivity contribution in [2.45, 2.75) is 45.1 Å². The van der Waals surface area contributed by atoms with Crippen LogP contribution >= 0.6 is 0 Å². The monoisotopic (exact) mass is 247 g/mol. The van der Waals surface area contributed by atoms with Crippen LogP contribution in [0.4, 0.5) is 5.69 Å². The Morgan fingerprint density at radius 3 is 2.72 bits per heavy atom. The summed E-state index contributed by atoms with van der Waals surface area (Å²) in [6.07, 6.45) is 5.07. The molecule has 0 saturated heterocycles. The van der Waals surface area contributed by atoms with Crippen LogP contribution in [0.5, 0.6) is 0 Å². The number of hydrogen-bond acceptors (Lipinski definition) is 2. The average Bonchev–Trinajstić information content (AvgIpc) is 2.40. The maximum atomic E-state index is 12.1. The summed E-state index contributed by atoms with van der Waals surface area (Å²) >= 11 is 0. The molecule has 18 heavy (non-hydrogen) atoms. The summed E-state index contributed by atoms with van der Waals surface area (Å²) < 4.78 is 0. The van der Waals surface area contributed by atoms with Crippen molar-refractivity contribution in [2.75, 3.05) is 5.32 Å². The fourth-order valence-electron chi connectivity index (χ4n) is 2.49. The van der Waals surface area contributed by atoms with Crippen molar-refractivity contribution < 1.29 is 9.90 Å². The topological polar surface area (TPSA) is 49.3 Å². The van der Waals surface area contributed by atoms with Crippen molar-refractivity contribution >= 4 is 11.6 Å². The maximum absolute atomic E-state index is 12.1. The van der Waals surface area contributed by atoms with Gasteiger partial charge in [-0.3, -0.25) is 4.79 Å². The van der Waals surface area contributed by atoms with Gasteiger partial charge in [0.05, 0.1) is 6.10 Å². The van der Waals surface area contributed by atoms with E-state index >= 15 is 0 Å². The van der Waals surface area contributed by atoms with E-state index in [0.29, 0.717) is 0 Å². The first-order valence-corrected chi connectivity index (χ1v) is 6.75. The van der Waals surface area contributed by atoms with Gasteiger partial charge in [0.2, 0.25) is 5.91 Å². The number of nitrogens with one attached hydrogen (secondary N) is 1. The highest BCUT2D eigenvalue weighted by molar-refractivity contribution is 5.92. The van der Waals surface area contributed by atoms with Gasteiger partial charge in [-0.1, -0.05) is 31.4 Å². The predicted molar refractivity (Wildman–Crippen MR) is 72.3 cm³/mol. The van der Waals surface area contributed by atoms with E-state index in [1.54, 1.807) is 6.92 Å². The lowest BCUT2D eigenvalue weighted by Gasteiger charge is -2.21. The zero-order valence-electron chi connectivity index (χ0n) is 10.9. The summed E-state index contributed by atoms with van der Waals surface area (Å²) in [5.74, 6) is 0.284. The summed E-state index contributed by atoms with van der Waals surface area (Å²) in [6, 6.07) is 7.43. The van der Waals surface area contributed by atoms with Crippen LogP contribution in [-0.4, -0.2) is 11.0 Å². The first-order chi connectivity index (χ1) is 8.66. The Bertz CT molecular complexity index is 409. The highest BCUT2D eigenvalue weighted by Gasteiger charge is 2.21. The molecule has 1 aliphatic carbocycles. The molecule has 3 nitrogen and oxygen atoms in total. The third-order valence-electron chi connectivity index (χ3n) is 3.61. The molecule has 0 aliphatic heterocycles. The Morgan fingerprint density at radius 1 is 1.33 bits per heavy atom. The number of amides is 1. The molecule has 1 aliphatic rings. The molecule has 1 atom stereocenters. The molecule has 1 aromatic carbocycles. The fraction of sp³-hybridized carbons (Fsp3) is 0.533. The van der Waals surface area contributed by atoms with Crippen LogP contribution < -0.4 is 5.32 Å². The van der Waals surface area contributed by atoms with Crippen LogP contribution in [0.1, 0.15) is 50.7 Å². The molecule has 0 aromatic heterocycles. The average molecular weight is 247 g/mol. The molecule has 1 amide bonds. The van der Waals surface area contributed by atoms with E-state index < -0.39 is 6.10 Å². The molecule has 2 N–H and O–H groups in total. The number of carbonyl (C=O) groups is 1. The Morgan fingerprint density at radius 2 is 2.06 bits per heavy atom. The van der Waals surface area contributed by atoms with Crippen LogP contribution in [0, 0.1) is 5.92 Å². The van der Waals surface area contributed by atoms with Gasteiger partial charge in [0.15, 0.2) is 0 Å². The summed E-state index contributed by atoms with van der Waals surface area (Å²) in [4.78, 5) is 12.1. The normalized spacial score (nSPS) is 18.3. The third-order valence-corrected chi connectivity index (χ3v) is 3.61. The molecule has 0 bridgehead atoms. The minimum Gasteiger partial charge on any atom is -0.389 e. The zero-order valence-corrected chi connectivity index (χ0v) is 10.9. The lowest BCUT2D eigenvalue weighted by Crippen LogP contribution is -2.24. The van der Waals surface area contributed by atoms with E-state index in [0.717, 1.165) is 36.9 Å². The van der Waals surface area contributed by atoms with Gasteiger partial charge in [0.25, 0.3) is 0 Å². The molecule has 1 fully saturated rings. The number of anilines is 1. The number of carbonyl (C=O) groups excluding carboxylic acids is 1. The molecular formula is C15H21NO2. The standard InChI is InChI=1S/C15H21NO2/c1-11(17)13-8-5-9-14(10-13)16-15(18)12-6-3-2-4-7-12/h5,8-12,17H,2-4,6-7H2,1H3,(H,16,18)/t11-/m0/s1. The molecule has 98 valence electrons. The Labute approximate surface area is 108 Å². The van der Waals surface area contributed by atoms with Gasteiger partial charge in [-0.2, -0.15) is 0 Å². The second-order valence-corrected chi connectivity index (χ2v) is 5.13. The van der Waals surface area contributed by atoms with E-state index in [4.69, 9.17) is 0 Å². The number of rotatable bonds is 3. The molecule has 0 heterocycles. The van der Waals surface area contributed by atoms with Gasteiger partial charge < -0.3 is 10.4 Å². The van der Waals surface area contributed by atoms with Crippen LogP contribution in [0.2, 0.25) is 0 Å². The van der Waals surface area contributed by atoms with Gasteiger partial charge >= 0.3 is 0 Å². The van der Waals surface area contributed by atoms with Crippen molar-refractivity contribution in [2.24, 2.45) is 5.92 Å². The summed E-state index contributed by atoms with van der Waals surface area (Å²) in [6.45, 7) is 1.72. The fourth-order valence-corrected chi connectivity index (χ4v) is 2.49. The SMILES string of the molecule is C[C@H](O)c1cccc(NC(=O)C2CCCCC2)c1. The largest absolute Gasteiger partial charge is 0.389 e. The van der Waals surface area contributed by atoms with Crippen LogP contribution in [0.25, 0.3) is 0 Å². The van der Waals surface area contributed by atoms with E-state index in [1.807, 2.05) is 24.3 Å². The Hall–Kier alpha value is -1.35. The smallest absolute Gasteiger partial charge is 0.227 e. The van der Waals surface area contributed by atoms with Gasteiger partial charge in [-0.25, -0.2) is 0 Å². The predicted octanol–water partition coefficient (Wildman–Crippen LogP) is 3.26. The molecule has 1 aromatic rings. The second-order valence-electron chi connectivity index (χ2n) is 5.13. The highest BCUT2D eigenvalue weighted by atomic mass is 16.3. The molecule has 3 heteroatoms. The molecular weight excluding hydrogens is 226 g/mol. The van der Waals surface area contributed by atoms with Crippen LogP contribution in [-0.2, 0) is 4.79 Å². The minimum absolute atomic E-state index is 0.123. The third kappa shape index (κ3) is 3.33. The van der Waals surface area contributed by atoms with Crippen molar-refractivity contribution in [1.29, 1.82) is 0 Å². The minimum atomic E-state index is -0.503. The molecule has 0 unspecified atom stereocenters. The van der Waals surface area contributed by atoms with Gasteiger partial charge in [-0.15, -0.1) is 0 Å². The summed E-state index contributed by atoms with van der Waals surface area (Å²) in [5.41, 5.74) is 1.61.